The minimum Gasteiger partial charge on any atom is -0.353 e. The van der Waals surface area contributed by atoms with Crippen LogP contribution in [0, 0.1) is 11.8 Å². The number of hydrogen-bond acceptors (Lipinski definition) is 3. The quantitative estimate of drug-likeness (QED) is 0.874. The first-order chi connectivity index (χ1) is 11.7. The second kappa shape index (κ2) is 6.88. The maximum atomic E-state index is 12.9. The Morgan fingerprint density at radius 3 is 2.56 bits per heavy atom. The molecule has 1 amide bonds. The molecule has 2 fully saturated rings. The first-order valence-electron chi connectivity index (χ1n) is 9.01. The molecule has 2 saturated carbocycles. The van der Waals surface area contributed by atoms with Crippen LogP contribution in [0.5, 0.6) is 0 Å². The summed E-state index contributed by atoms with van der Waals surface area (Å²) in [5.74, 6) is -1.97. The number of amides is 1. The number of carbonyl (C=O) groups excluding carboxylic acids is 1. The van der Waals surface area contributed by atoms with E-state index < -0.39 is 5.92 Å². The van der Waals surface area contributed by atoms with E-state index >= 15 is 0 Å². The van der Waals surface area contributed by atoms with Gasteiger partial charge in [-0.25, -0.2) is 18.3 Å². The van der Waals surface area contributed by atoms with Gasteiger partial charge in [0.05, 0.1) is 0 Å². The Morgan fingerprint density at radius 2 is 1.96 bits per heavy atom. The SMILES string of the molecule is Cn1nc(C[C@H]2CCCC[C@H]2NC(=O)CC2CC(F)(F)C2)n(C)c1=O. The van der Waals surface area contributed by atoms with Gasteiger partial charge in [-0.15, -0.1) is 0 Å². The zero-order valence-corrected chi connectivity index (χ0v) is 14.8. The summed E-state index contributed by atoms with van der Waals surface area (Å²) in [5, 5.41) is 7.33. The number of aromatic nitrogens is 3. The smallest absolute Gasteiger partial charge is 0.345 e. The summed E-state index contributed by atoms with van der Waals surface area (Å²) in [5.41, 5.74) is -0.155. The molecule has 2 aliphatic carbocycles. The Labute approximate surface area is 145 Å². The van der Waals surface area contributed by atoms with E-state index in [1.54, 1.807) is 18.7 Å². The highest BCUT2D eigenvalue weighted by Crippen LogP contribution is 2.44. The molecule has 0 saturated heterocycles. The van der Waals surface area contributed by atoms with Crippen LogP contribution in [-0.2, 0) is 25.3 Å². The lowest BCUT2D eigenvalue weighted by Crippen LogP contribution is -2.45. The Bertz CT molecular complexity index is 689. The third kappa shape index (κ3) is 4.10. The topological polar surface area (TPSA) is 68.9 Å². The number of nitrogens with zero attached hydrogens (tertiary/aromatic N) is 3. The van der Waals surface area contributed by atoms with Crippen LogP contribution in [0.4, 0.5) is 8.78 Å². The van der Waals surface area contributed by atoms with Crippen LogP contribution >= 0.6 is 0 Å². The lowest BCUT2D eigenvalue weighted by molar-refractivity contribution is -0.134. The van der Waals surface area contributed by atoms with Crippen molar-refractivity contribution in [3.63, 3.8) is 0 Å². The van der Waals surface area contributed by atoms with Crippen molar-refractivity contribution in [3.8, 4) is 0 Å². The third-order valence-electron chi connectivity index (χ3n) is 5.57. The van der Waals surface area contributed by atoms with Gasteiger partial charge in [0.2, 0.25) is 11.8 Å². The standard InChI is InChI=1S/C17H26F2N4O2/c1-22-14(21-23(2)16(22)25)8-12-5-3-4-6-13(12)20-15(24)7-11-9-17(18,19)10-11/h11-13H,3-10H2,1-2H3,(H,20,24)/t12-,13-/m1/s1. The molecule has 3 rings (SSSR count). The number of aryl methyl sites for hydroxylation is 1. The highest BCUT2D eigenvalue weighted by atomic mass is 19.3. The van der Waals surface area contributed by atoms with E-state index in [1.165, 1.54) is 4.68 Å². The minimum atomic E-state index is -2.58. The fraction of sp³-hybridized carbons (Fsp3) is 0.824. The minimum absolute atomic E-state index is 0.0268. The number of halogens is 2. The summed E-state index contributed by atoms with van der Waals surface area (Å²) in [6.45, 7) is 0. The van der Waals surface area contributed by atoms with Crippen molar-refractivity contribution < 1.29 is 13.6 Å². The predicted molar refractivity (Wildman–Crippen MR) is 88.3 cm³/mol. The number of alkyl halides is 2. The first-order valence-corrected chi connectivity index (χ1v) is 9.01. The van der Waals surface area contributed by atoms with E-state index in [-0.39, 0.29) is 48.7 Å². The predicted octanol–water partition coefficient (Wildman–Crippen LogP) is 1.77. The average molecular weight is 356 g/mol. The molecule has 2 aliphatic rings. The summed E-state index contributed by atoms with van der Waals surface area (Å²) >= 11 is 0. The van der Waals surface area contributed by atoms with Crippen molar-refractivity contribution in [1.82, 2.24) is 19.7 Å². The van der Waals surface area contributed by atoms with Crippen molar-refractivity contribution in [2.24, 2.45) is 25.9 Å². The number of hydrogen-bond donors (Lipinski definition) is 1. The molecule has 2 atom stereocenters. The maximum absolute atomic E-state index is 12.9. The van der Waals surface area contributed by atoms with Gasteiger partial charge in [-0.1, -0.05) is 12.8 Å². The number of nitrogens with one attached hydrogen (secondary N) is 1. The number of rotatable bonds is 5. The molecule has 1 heterocycles. The molecule has 0 aromatic carbocycles. The normalized spacial score (nSPS) is 26.2. The van der Waals surface area contributed by atoms with E-state index in [9.17, 15) is 18.4 Å². The summed E-state index contributed by atoms with van der Waals surface area (Å²) < 4.78 is 28.7. The fourth-order valence-corrected chi connectivity index (χ4v) is 4.12. The Kier molecular flexibility index (Phi) is 4.97. The van der Waals surface area contributed by atoms with Crippen molar-refractivity contribution in [2.75, 3.05) is 0 Å². The largest absolute Gasteiger partial charge is 0.353 e. The van der Waals surface area contributed by atoms with Gasteiger partial charge in [0, 0.05) is 45.8 Å². The molecule has 0 radical (unpaired) electrons. The van der Waals surface area contributed by atoms with Gasteiger partial charge in [-0.05, 0) is 24.7 Å². The molecular weight excluding hydrogens is 330 g/mol. The van der Waals surface area contributed by atoms with Gasteiger partial charge in [0.25, 0.3) is 0 Å². The molecule has 0 bridgehead atoms. The molecule has 1 N–H and O–H groups in total. The van der Waals surface area contributed by atoms with E-state index in [1.807, 2.05) is 0 Å². The molecule has 0 spiro atoms. The molecule has 0 unspecified atom stereocenters. The monoisotopic (exact) mass is 356 g/mol. The van der Waals surface area contributed by atoms with Crippen LogP contribution in [0.3, 0.4) is 0 Å². The third-order valence-corrected chi connectivity index (χ3v) is 5.57. The van der Waals surface area contributed by atoms with Crippen molar-refractivity contribution in [1.29, 1.82) is 0 Å². The maximum Gasteiger partial charge on any atom is 0.345 e. The molecule has 0 aliphatic heterocycles. The molecule has 1 aromatic heterocycles. The van der Waals surface area contributed by atoms with Gasteiger partial charge < -0.3 is 5.32 Å². The molecule has 140 valence electrons. The molecule has 8 heteroatoms. The molecule has 1 aromatic rings. The summed E-state index contributed by atoms with van der Waals surface area (Å²) in [6.07, 6.45) is 4.46. The molecule has 6 nitrogen and oxygen atoms in total. The van der Waals surface area contributed by atoms with Crippen molar-refractivity contribution in [3.05, 3.63) is 16.3 Å². The second-order valence-corrected chi connectivity index (χ2v) is 7.64. The van der Waals surface area contributed by atoms with Gasteiger partial charge in [0.15, 0.2) is 0 Å². The van der Waals surface area contributed by atoms with Crippen molar-refractivity contribution in [2.45, 2.75) is 63.3 Å². The zero-order valence-electron chi connectivity index (χ0n) is 14.8. The van der Waals surface area contributed by atoms with Crippen LogP contribution in [0.1, 0.15) is 50.8 Å². The summed E-state index contributed by atoms with van der Waals surface area (Å²) in [6, 6.07) is 0.0268. The first kappa shape index (κ1) is 18.1. The lowest BCUT2D eigenvalue weighted by Gasteiger charge is -2.36. The van der Waals surface area contributed by atoms with E-state index in [0.29, 0.717) is 6.42 Å². The average Bonchev–Trinajstić information content (AvgIpc) is 2.74. The molecule has 25 heavy (non-hydrogen) atoms. The van der Waals surface area contributed by atoms with E-state index in [0.717, 1.165) is 31.5 Å². The van der Waals surface area contributed by atoms with Crippen LogP contribution < -0.4 is 11.0 Å². The highest BCUT2D eigenvalue weighted by Gasteiger charge is 2.45. The van der Waals surface area contributed by atoms with Crippen LogP contribution in [-0.4, -0.2) is 32.2 Å². The van der Waals surface area contributed by atoms with Gasteiger partial charge in [-0.2, -0.15) is 5.10 Å². The van der Waals surface area contributed by atoms with Gasteiger partial charge in [0.1, 0.15) is 5.82 Å². The van der Waals surface area contributed by atoms with Gasteiger partial charge >= 0.3 is 5.69 Å². The van der Waals surface area contributed by atoms with Crippen LogP contribution in [0.25, 0.3) is 0 Å². The summed E-state index contributed by atoms with van der Waals surface area (Å²) in [7, 11) is 3.33. The Morgan fingerprint density at radius 1 is 1.28 bits per heavy atom. The highest BCUT2D eigenvalue weighted by molar-refractivity contribution is 5.76. The van der Waals surface area contributed by atoms with Crippen molar-refractivity contribution >= 4 is 5.91 Å². The van der Waals surface area contributed by atoms with Crippen LogP contribution in [0.2, 0.25) is 0 Å². The molecular formula is C17H26F2N4O2. The van der Waals surface area contributed by atoms with Gasteiger partial charge in [-0.3, -0.25) is 9.36 Å². The van der Waals surface area contributed by atoms with E-state index in [2.05, 4.69) is 10.4 Å². The summed E-state index contributed by atoms with van der Waals surface area (Å²) in [4.78, 5) is 24.1. The Hall–Kier alpha value is -1.73. The van der Waals surface area contributed by atoms with E-state index in [4.69, 9.17) is 0 Å². The van der Waals surface area contributed by atoms with Crippen LogP contribution in [0.15, 0.2) is 4.79 Å². The second-order valence-electron chi connectivity index (χ2n) is 7.64. The zero-order chi connectivity index (χ0) is 18.2. The Balaban J connectivity index is 1.58. The lowest BCUT2D eigenvalue weighted by atomic mass is 9.78. The fourth-order valence-electron chi connectivity index (χ4n) is 4.12. The number of carbonyl (C=O) groups is 1.